The van der Waals surface area contributed by atoms with Crippen LogP contribution in [0.1, 0.15) is 62.7 Å². The Hall–Kier alpha value is -4.00. The summed E-state index contributed by atoms with van der Waals surface area (Å²) in [6.45, 7) is 9.47. The molecular formula is C27H35N5O7S. The standard InChI is InChI=1S/C27H35N5O7S/c1-6-38-21(33)9-8-19(25(36)39-7-2)29-23(34)16-12-17(40-14-16)10-11-32-15-28-22-18(24(32)35)13-20(30-22)31-26(37)27(3,4)5/h12-15,19,35H,6-11H2,1-5H3,(H,29,34)(H,31,37)/t19-/m0/s1. The predicted molar refractivity (Wildman–Crippen MR) is 148 cm³/mol. The maximum atomic E-state index is 12.8. The number of nitrogens with one attached hydrogen (secondary N) is 2. The van der Waals surface area contributed by atoms with Crippen molar-refractivity contribution in [3.63, 3.8) is 0 Å². The molecule has 3 heterocycles. The third-order valence-electron chi connectivity index (χ3n) is 5.84. The first-order chi connectivity index (χ1) is 18.9. The number of aromatic nitrogens is 3. The highest BCUT2D eigenvalue weighted by molar-refractivity contribution is 7.10. The number of nitrogens with zero attached hydrogens (tertiary/aromatic N) is 3. The average molecular weight is 574 g/mol. The van der Waals surface area contributed by atoms with Crippen molar-refractivity contribution in [1.29, 1.82) is 0 Å². The van der Waals surface area contributed by atoms with Crippen LogP contribution in [-0.4, -0.2) is 62.7 Å². The number of rotatable bonds is 12. The molecule has 12 nitrogen and oxygen atoms in total. The molecule has 1 atom stereocenters. The van der Waals surface area contributed by atoms with E-state index in [1.807, 2.05) is 0 Å². The van der Waals surface area contributed by atoms with E-state index < -0.39 is 29.3 Å². The maximum absolute atomic E-state index is 12.8. The molecule has 0 aliphatic carbocycles. The molecule has 2 amide bonds. The fourth-order valence-electron chi connectivity index (χ4n) is 3.63. The monoisotopic (exact) mass is 573 g/mol. The molecule has 0 saturated carbocycles. The van der Waals surface area contributed by atoms with Crippen LogP contribution in [0, 0.1) is 5.41 Å². The predicted octanol–water partition coefficient (Wildman–Crippen LogP) is 3.38. The molecule has 40 heavy (non-hydrogen) atoms. The van der Waals surface area contributed by atoms with Gasteiger partial charge in [-0.25, -0.2) is 14.8 Å². The molecule has 216 valence electrons. The maximum Gasteiger partial charge on any atom is 0.328 e. The van der Waals surface area contributed by atoms with Crippen molar-refractivity contribution in [2.75, 3.05) is 18.5 Å². The molecule has 0 bridgehead atoms. The van der Waals surface area contributed by atoms with Crippen LogP contribution in [0.2, 0.25) is 0 Å². The zero-order valence-corrected chi connectivity index (χ0v) is 24.1. The van der Waals surface area contributed by atoms with Crippen LogP contribution in [-0.2, 0) is 36.8 Å². The van der Waals surface area contributed by atoms with Crippen molar-refractivity contribution in [3.8, 4) is 17.3 Å². The topological polar surface area (TPSA) is 162 Å². The Morgan fingerprint density at radius 2 is 1.85 bits per heavy atom. The quantitative estimate of drug-likeness (QED) is 0.276. The van der Waals surface area contributed by atoms with Crippen LogP contribution >= 0.6 is 11.3 Å². The summed E-state index contributed by atoms with van der Waals surface area (Å²) >= 11 is 1.36. The molecule has 0 spiro atoms. The third kappa shape index (κ3) is 8.01. The number of aryl methyl sites for hydroxylation is 2. The summed E-state index contributed by atoms with van der Waals surface area (Å²) in [5.74, 6) is -1.15. The van der Waals surface area contributed by atoms with Crippen molar-refractivity contribution in [1.82, 2.24) is 19.9 Å². The molecule has 1 aromatic heterocycles. The van der Waals surface area contributed by atoms with Crippen LogP contribution < -0.4 is 10.6 Å². The van der Waals surface area contributed by atoms with Gasteiger partial charge in [-0.3, -0.25) is 14.4 Å². The lowest BCUT2D eigenvalue weighted by Gasteiger charge is -2.16. The Bertz CT molecular complexity index is 1330. The molecule has 3 N–H and O–H groups in total. The van der Waals surface area contributed by atoms with Gasteiger partial charge >= 0.3 is 11.9 Å². The van der Waals surface area contributed by atoms with Gasteiger partial charge in [0.25, 0.3) is 5.91 Å². The molecule has 0 radical (unpaired) electrons. The lowest BCUT2D eigenvalue weighted by molar-refractivity contribution is -0.146. The van der Waals surface area contributed by atoms with Crippen LogP contribution in [0.25, 0.3) is 11.4 Å². The Balaban J connectivity index is 1.64. The molecule has 0 aromatic carbocycles. The number of thiophene rings is 1. The van der Waals surface area contributed by atoms with Crippen LogP contribution in [0.4, 0.5) is 5.82 Å². The first kappa shape index (κ1) is 30.5. The number of carbonyl (C=O) groups excluding carboxylic acids is 4. The second-order valence-corrected chi connectivity index (χ2v) is 11.0. The van der Waals surface area contributed by atoms with Crippen LogP contribution in [0.5, 0.6) is 5.88 Å². The number of fused-ring (bicyclic) bond motifs is 1. The van der Waals surface area contributed by atoms with Gasteiger partial charge in [0.05, 0.1) is 30.7 Å². The fourth-order valence-corrected chi connectivity index (χ4v) is 4.48. The lowest BCUT2D eigenvalue weighted by Crippen LogP contribution is -2.42. The minimum atomic E-state index is -0.985. The van der Waals surface area contributed by atoms with Crippen molar-refractivity contribution in [3.05, 3.63) is 34.3 Å². The molecule has 1 aromatic rings. The molecule has 2 aliphatic heterocycles. The molecule has 0 fully saturated rings. The van der Waals surface area contributed by atoms with Gasteiger partial charge in [0.2, 0.25) is 11.8 Å². The van der Waals surface area contributed by atoms with Crippen molar-refractivity contribution < 1.29 is 33.8 Å². The largest absolute Gasteiger partial charge is 0.494 e. The van der Waals surface area contributed by atoms with Crippen LogP contribution in [0.3, 0.4) is 0 Å². The van der Waals surface area contributed by atoms with Gasteiger partial charge in [0.1, 0.15) is 11.9 Å². The van der Waals surface area contributed by atoms with Crippen molar-refractivity contribution in [2.45, 2.75) is 66.5 Å². The minimum absolute atomic E-state index is 0.0328. The average Bonchev–Trinajstić information content (AvgIpc) is 3.53. The van der Waals surface area contributed by atoms with Crippen molar-refractivity contribution in [2.24, 2.45) is 5.41 Å². The van der Waals surface area contributed by atoms with E-state index in [-0.39, 0.29) is 37.8 Å². The zero-order chi connectivity index (χ0) is 29.4. The van der Waals surface area contributed by atoms with E-state index in [2.05, 4.69) is 20.6 Å². The third-order valence-corrected chi connectivity index (χ3v) is 6.83. The van der Waals surface area contributed by atoms with E-state index in [1.165, 1.54) is 17.7 Å². The lowest BCUT2D eigenvalue weighted by atomic mass is 9.96. The number of aromatic hydroxyl groups is 1. The Morgan fingerprint density at radius 3 is 2.52 bits per heavy atom. The molecule has 3 rings (SSSR count). The van der Waals surface area contributed by atoms with E-state index in [9.17, 15) is 24.3 Å². The van der Waals surface area contributed by atoms with Gasteiger partial charge < -0.3 is 29.8 Å². The summed E-state index contributed by atoms with van der Waals surface area (Å²) in [4.78, 5) is 58.6. The molecule has 0 unspecified atom stereocenters. The molecule has 13 heteroatoms. The highest BCUT2D eigenvalue weighted by atomic mass is 32.1. The summed E-state index contributed by atoms with van der Waals surface area (Å²) in [6.07, 6.45) is 1.99. The number of anilines is 1. The Morgan fingerprint density at radius 1 is 1.12 bits per heavy atom. The zero-order valence-electron chi connectivity index (χ0n) is 23.3. The Kier molecular flexibility index (Phi) is 10.2. The van der Waals surface area contributed by atoms with Gasteiger partial charge in [-0.2, -0.15) is 0 Å². The highest BCUT2D eigenvalue weighted by Gasteiger charge is 2.26. The van der Waals surface area contributed by atoms with E-state index in [1.54, 1.807) is 56.7 Å². The molecular weight excluding hydrogens is 538 g/mol. The summed E-state index contributed by atoms with van der Waals surface area (Å²) in [5.41, 5.74) is 0.178. The van der Waals surface area contributed by atoms with Gasteiger partial charge in [-0.15, -0.1) is 11.3 Å². The number of amides is 2. The number of ether oxygens (including phenoxy) is 2. The van der Waals surface area contributed by atoms with E-state index in [0.717, 1.165) is 4.88 Å². The van der Waals surface area contributed by atoms with Gasteiger partial charge in [0.15, 0.2) is 5.82 Å². The van der Waals surface area contributed by atoms with E-state index in [0.29, 0.717) is 35.7 Å². The molecule has 2 aliphatic rings. The second kappa shape index (κ2) is 13.4. The normalized spacial score (nSPS) is 12.1. The number of carbonyl (C=O) groups is 4. The number of hydrogen-bond acceptors (Lipinski definition) is 10. The first-order valence-corrected chi connectivity index (χ1v) is 13.9. The number of hydrogen-bond donors (Lipinski definition) is 3. The number of esters is 2. The smallest absolute Gasteiger partial charge is 0.328 e. The highest BCUT2D eigenvalue weighted by Crippen LogP contribution is 2.32. The summed E-state index contributed by atoms with van der Waals surface area (Å²) in [6, 6.07) is 2.30. The van der Waals surface area contributed by atoms with Crippen LogP contribution in [0.15, 0.2) is 23.8 Å². The van der Waals surface area contributed by atoms with Gasteiger partial charge in [-0.05, 0) is 38.8 Å². The molecule has 0 saturated heterocycles. The SMILES string of the molecule is CCOC(=O)CC[C@H](NC(=O)c1csc(CCn2cnc3nc(NC(=O)C(C)(C)C)cc-3c2O)c1)C(=O)OCC. The second-order valence-electron chi connectivity index (χ2n) is 10.0. The van der Waals surface area contributed by atoms with Crippen molar-refractivity contribution >= 4 is 40.9 Å². The summed E-state index contributed by atoms with van der Waals surface area (Å²) in [5, 5.41) is 17.8. The van der Waals surface area contributed by atoms with E-state index >= 15 is 0 Å². The van der Waals surface area contributed by atoms with E-state index in [4.69, 9.17) is 9.47 Å². The minimum Gasteiger partial charge on any atom is -0.494 e. The first-order valence-electron chi connectivity index (χ1n) is 13.0. The van der Waals surface area contributed by atoms with Gasteiger partial charge in [-0.1, -0.05) is 20.8 Å². The van der Waals surface area contributed by atoms with Gasteiger partial charge in [0, 0.05) is 28.6 Å². The Labute approximate surface area is 236 Å². The fraction of sp³-hybridized carbons (Fsp3) is 0.481. The summed E-state index contributed by atoms with van der Waals surface area (Å²) in [7, 11) is 0. The summed E-state index contributed by atoms with van der Waals surface area (Å²) < 4.78 is 11.5.